The van der Waals surface area contributed by atoms with Gasteiger partial charge in [0.2, 0.25) is 0 Å². The summed E-state index contributed by atoms with van der Waals surface area (Å²) < 4.78 is 4.59. The summed E-state index contributed by atoms with van der Waals surface area (Å²) in [6.07, 6.45) is 7.77. The standard InChI is InChI=1S/C14H14N4OS/c1-9-6-20-13-12(9)16-8-17(14(13)19)5-11-4-15-7-18(11)10-2-3-10/h4,6-8,10H,2-3,5H2,1H3. The normalized spacial score (nSPS) is 15.1. The van der Waals surface area contributed by atoms with Gasteiger partial charge >= 0.3 is 0 Å². The van der Waals surface area contributed by atoms with Gasteiger partial charge in [-0.3, -0.25) is 9.36 Å². The van der Waals surface area contributed by atoms with Gasteiger partial charge in [-0.2, -0.15) is 0 Å². The Bertz CT molecular complexity index is 840. The van der Waals surface area contributed by atoms with Crippen LogP contribution in [0.25, 0.3) is 10.2 Å². The van der Waals surface area contributed by atoms with E-state index in [2.05, 4.69) is 14.5 Å². The van der Waals surface area contributed by atoms with Crippen molar-refractivity contribution in [2.75, 3.05) is 0 Å². The van der Waals surface area contributed by atoms with Crippen molar-refractivity contribution in [3.63, 3.8) is 0 Å². The number of hydrogen-bond donors (Lipinski definition) is 0. The molecule has 0 aliphatic heterocycles. The molecule has 1 saturated carbocycles. The van der Waals surface area contributed by atoms with Crippen molar-refractivity contribution in [3.8, 4) is 0 Å². The largest absolute Gasteiger partial charge is 0.330 e. The zero-order chi connectivity index (χ0) is 13.7. The van der Waals surface area contributed by atoms with Gasteiger partial charge in [-0.15, -0.1) is 11.3 Å². The number of fused-ring (bicyclic) bond motifs is 1. The van der Waals surface area contributed by atoms with Crippen LogP contribution in [0, 0.1) is 6.92 Å². The molecule has 0 spiro atoms. The Morgan fingerprint density at radius 2 is 2.25 bits per heavy atom. The Hall–Kier alpha value is -1.95. The lowest BCUT2D eigenvalue weighted by Crippen LogP contribution is -2.21. The van der Waals surface area contributed by atoms with E-state index in [4.69, 9.17) is 0 Å². The van der Waals surface area contributed by atoms with E-state index in [9.17, 15) is 4.79 Å². The van der Waals surface area contributed by atoms with Gasteiger partial charge in [0.25, 0.3) is 5.56 Å². The maximum atomic E-state index is 12.5. The molecule has 1 aliphatic rings. The van der Waals surface area contributed by atoms with E-state index in [0.717, 1.165) is 21.5 Å². The zero-order valence-electron chi connectivity index (χ0n) is 11.1. The molecule has 0 aromatic carbocycles. The van der Waals surface area contributed by atoms with Gasteiger partial charge in [0.05, 0.1) is 30.4 Å². The summed E-state index contributed by atoms with van der Waals surface area (Å²) >= 11 is 1.47. The average Bonchev–Trinajstić information content (AvgIpc) is 3.07. The SMILES string of the molecule is Cc1csc2c(=O)n(Cc3cncn3C3CC3)cnc12. The summed E-state index contributed by atoms with van der Waals surface area (Å²) in [6, 6.07) is 0.573. The van der Waals surface area contributed by atoms with Gasteiger partial charge in [-0.25, -0.2) is 9.97 Å². The molecule has 3 aromatic rings. The number of thiophene rings is 1. The Kier molecular flexibility index (Phi) is 2.53. The number of imidazole rings is 1. The van der Waals surface area contributed by atoms with E-state index in [1.165, 1.54) is 24.2 Å². The fourth-order valence-electron chi connectivity index (χ4n) is 2.48. The second-order valence-electron chi connectivity index (χ2n) is 5.30. The summed E-state index contributed by atoms with van der Waals surface area (Å²) in [5.41, 5.74) is 3.00. The second kappa shape index (κ2) is 4.28. The molecule has 0 saturated heterocycles. The van der Waals surface area contributed by atoms with Crippen LogP contribution in [0.2, 0.25) is 0 Å². The van der Waals surface area contributed by atoms with Crippen molar-refractivity contribution < 1.29 is 0 Å². The summed E-state index contributed by atoms with van der Waals surface area (Å²) in [4.78, 5) is 21.1. The molecule has 4 rings (SSSR count). The fourth-order valence-corrected chi connectivity index (χ4v) is 3.43. The van der Waals surface area contributed by atoms with E-state index >= 15 is 0 Å². The third-order valence-corrected chi connectivity index (χ3v) is 4.82. The Morgan fingerprint density at radius 1 is 1.40 bits per heavy atom. The molecule has 1 fully saturated rings. The lowest BCUT2D eigenvalue weighted by molar-refractivity contribution is 0.642. The van der Waals surface area contributed by atoms with Crippen LogP contribution in [0.4, 0.5) is 0 Å². The first kappa shape index (κ1) is 11.8. The number of hydrogen-bond acceptors (Lipinski definition) is 4. The van der Waals surface area contributed by atoms with Crippen LogP contribution in [0.3, 0.4) is 0 Å². The average molecular weight is 286 g/mol. The molecule has 1 aliphatic carbocycles. The van der Waals surface area contributed by atoms with Gasteiger partial charge in [-0.1, -0.05) is 0 Å². The lowest BCUT2D eigenvalue weighted by atomic mass is 10.3. The fraction of sp³-hybridized carbons (Fsp3) is 0.357. The molecular formula is C14H14N4OS. The molecule has 102 valence electrons. The summed E-state index contributed by atoms with van der Waals surface area (Å²) in [5, 5.41) is 1.98. The van der Waals surface area contributed by atoms with Crippen LogP contribution in [0.5, 0.6) is 0 Å². The minimum absolute atomic E-state index is 0.0386. The molecule has 0 unspecified atom stereocenters. The topological polar surface area (TPSA) is 52.7 Å². The van der Waals surface area contributed by atoms with Crippen molar-refractivity contribution in [1.29, 1.82) is 0 Å². The first-order valence-corrected chi connectivity index (χ1v) is 7.56. The van der Waals surface area contributed by atoms with Crippen LogP contribution in [0.15, 0.2) is 29.0 Å². The molecule has 0 amide bonds. The molecule has 0 radical (unpaired) electrons. The smallest absolute Gasteiger partial charge is 0.271 e. The van der Waals surface area contributed by atoms with Gasteiger partial charge in [0.1, 0.15) is 4.70 Å². The maximum Gasteiger partial charge on any atom is 0.271 e. The van der Waals surface area contributed by atoms with Crippen molar-refractivity contribution in [1.82, 2.24) is 19.1 Å². The minimum atomic E-state index is 0.0386. The van der Waals surface area contributed by atoms with Crippen LogP contribution in [-0.4, -0.2) is 19.1 Å². The van der Waals surface area contributed by atoms with Crippen molar-refractivity contribution in [3.05, 3.63) is 45.8 Å². The highest BCUT2D eigenvalue weighted by molar-refractivity contribution is 7.17. The van der Waals surface area contributed by atoms with Crippen LogP contribution < -0.4 is 5.56 Å². The van der Waals surface area contributed by atoms with Gasteiger partial charge < -0.3 is 4.57 Å². The molecule has 6 heteroatoms. The van der Waals surface area contributed by atoms with Crippen LogP contribution >= 0.6 is 11.3 Å². The van der Waals surface area contributed by atoms with E-state index in [0.29, 0.717) is 12.6 Å². The molecular weight excluding hydrogens is 272 g/mol. The number of aromatic nitrogens is 4. The van der Waals surface area contributed by atoms with Crippen molar-refractivity contribution in [2.45, 2.75) is 32.4 Å². The minimum Gasteiger partial charge on any atom is -0.330 e. The van der Waals surface area contributed by atoms with Crippen LogP contribution in [-0.2, 0) is 6.54 Å². The summed E-state index contributed by atoms with van der Waals surface area (Å²) in [7, 11) is 0. The molecule has 3 aromatic heterocycles. The molecule has 0 N–H and O–H groups in total. The monoisotopic (exact) mass is 286 g/mol. The zero-order valence-corrected chi connectivity index (χ0v) is 11.9. The molecule has 0 atom stereocenters. The summed E-state index contributed by atoms with van der Waals surface area (Å²) in [6.45, 7) is 2.52. The predicted octanol–water partition coefficient (Wildman–Crippen LogP) is 2.35. The Labute approximate surface area is 119 Å². The highest BCUT2D eigenvalue weighted by Crippen LogP contribution is 2.35. The van der Waals surface area contributed by atoms with Crippen molar-refractivity contribution in [2.24, 2.45) is 0 Å². The number of rotatable bonds is 3. The predicted molar refractivity (Wildman–Crippen MR) is 78.2 cm³/mol. The van der Waals surface area contributed by atoms with Gasteiger partial charge in [-0.05, 0) is 30.7 Å². The summed E-state index contributed by atoms with van der Waals surface area (Å²) in [5.74, 6) is 0. The maximum absolute atomic E-state index is 12.5. The molecule has 5 nitrogen and oxygen atoms in total. The number of nitrogens with zero attached hydrogens (tertiary/aromatic N) is 4. The highest BCUT2D eigenvalue weighted by atomic mass is 32.1. The first-order valence-electron chi connectivity index (χ1n) is 6.68. The van der Waals surface area contributed by atoms with Crippen molar-refractivity contribution >= 4 is 21.6 Å². The molecule has 3 heterocycles. The van der Waals surface area contributed by atoms with Gasteiger partial charge in [0, 0.05) is 12.2 Å². The highest BCUT2D eigenvalue weighted by Gasteiger charge is 2.25. The Morgan fingerprint density at radius 3 is 3.05 bits per heavy atom. The number of aryl methyl sites for hydroxylation is 1. The lowest BCUT2D eigenvalue weighted by Gasteiger charge is -2.08. The van der Waals surface area contributed by atoms with E-state index in [-0.39, 0.29) is 5.56 Å². The van der Waals surface area contributed by atoms with E-state index < -0.39 is 0 Å². The van der Waals surface area contributed by atoms with Gasteiger partial charge in [0.15, 0.2) is 0 Å². The molecule has 0 bridgehead atoms. The second-order valence-corrected chi connectivity index (χ2v) is 6.18. The third-order valence-electron chi connectivity index (χ3n) is 3.74. The van der Waals surface area contributed by atoms with E-state index in [1.807, 2.05) is 24.8 Å². The first-order chi connectivity index (χ1) is 9.74. The van der Waals surface area contributed by atoms with E-state index in [1.54, 1.807) is 10.9 Å². The third kappa shape index (κ3) is 1.79. The van der Waals surface area contributed by atoms with Crippen LogP contribution in [0.1, 0.15) is 30.1 Å². The Balaban J connectivity index is 1.77. The quantitative estimate of drug-likeness (QED) is 0.742. The molecule has 20 heavy (non-hydrogen) atoms.